The monoisotopic (exact) mass is 442 g/mol. The van der Waals surface area contributed by atoms with Gasteiger partial charge in [-0.25, -0.2) is 8.42 Å². The van der Waals surface area contributed by atoms with Gasteiger partial charge in [-0.2, -0.15) is 4.31 Å². The number of primary amides is 1. The van der Waals surface area contributed by atoms with Crippen LogP contribution in [0, 0.1) is 6.92 Å². The highest BCUT2D eigenvalue weighted by Crippen LogP contribution is 2.29. The largest absolute Gasteiger partial charge is 0.368 e. The van der Waals surface area contributed by atoms with Gasteiger partial charge in [0.2, 0.25) is 15.9 Å². The second kappa shape index (κ2) is 9.43. The average Bonchev–Trinajstić information content (AvgIpc) is 2.73. The van der Waals surface area contributed by atoms with Crippen LogP contribution in [0.4, 0.5) is 0 Å². The van der Waals surface area contributed by atoms with Gasteiger partial charge < -0.3 is 5.73 Å². The molecule has 156 valence electrons. The summed E-state index contributed by atoms with van der Waals surface area (Å²) in [5.74, 6) is -0.734. The Hall–Kier alpha value is -2.67. The van der Waals surface area contributed by atoms with Crippen molar-refractivity contribution < 1.29 is 13.2 Å². The molecule has 3 rings (SSSR count). The van der Waals surface area contributed by atoms with Crippen molar-refractivity contribution in [3.63, 3.8) is 0 Å². The van der Waals surface area contributed by atoms with Gasteiger partial charge in [-0.1, -0.05) is 71.8 Å². The Kier molecular flexibility index (Phi) is 6.92. The standard InChI is InChI=1S/C23H23ClN2O3S/c1-17-7-9-18(10-8-17)15-16-26(22(23(25)27)19-5-3-2-4-6-19)30(28,29)21-13-11-20(24)12-14-21/h2-14,22H,15-16H2,1H3,(H2,25,27). The molecule has 0 spiro atoms. The van der Waals surface area contributed by atoms with Crippen molar-refractivity contribution >= 4 is 27.5 Å². The molecule has 5 nitrogen and oxygen atoms in total. The summed E-state index contributed by atoms with van der Waals surface area (Å²) >= 11 is 5.92. The van der Waals surface area contributed by atoms with E-state index in [9.17, 15) is 13.2 Å². The number of rotatable bonds is 8. The summed E-state index contributed by atoms with van der Waals surface area (Å²) in [5.41, 5.74) is 8.29. The van der Waals surface area contributed by atoms with Gasteiger partial charge in [0, 0.05) is 11.6 Å². The van der Waals surface area contributed by atoms with Crippen molar-refractivity contribution in [1.29, 1.82) is 0 Å². The first-order valence-electron chi connectivity index (χ1n) is 9.46. The minimum atomic E-state index is -4.01. The predicted octanol–water partition coefficient (Wildman–Crippen LogP) is 4.11. The first-order valence-corrected chi connectivity index (χ1v) is 11.3. The number of hydrogen-bond acceptors (Lipinski definition) is 3. The minimum Gasteiger partial charge on any atom is -0.368 e. The average molecular weight is 443 g/mol. The lowest BCUT2D eigenvalue weighted by Gasteiger charge is -2.29. The first kappa shape index (κ1) is 22.0. The zero-order valence-corrected chi connectivity index (χ0v) is 18.1. The number of hydrogen-bond donors (Lipinski definition) is 1. The summed E-state index contributed by atoms with van der Waals surface area (Å²) in [6.07, 6.45) is 0.434. The van der Waals surface area contributed by atoms with Crippen LogP contribution in [0.15, 0.2) is 83.8 Å². The van der Waals surface area contributed by atoms with E-state index in [1.807, 2.05) is 31.2 Å². The fraction of sp³-hybridized carbons (Fsp3) is 0.174. The number of nitrogens with two attached hydrogens (primary N) is 1. The maximum atomic E-state index is 13.5. The molecule has 0 aliphatic rings. The van der Waals surface area contributed by atoms with E-state index in [0.29, 0.717) is 17.0 Å². The summed E-state index contributed by atoms with van der Waals surface area (Å²) in [7, 11) is -4.01. The van der Waals surface area contributed by atoms with Crippen LogP contribution in [-0.2, 0) is 21.2 Å². The second-order valence-corrected chi connectivity index (χ2v) is 9.35. The van der Waals surface area contributed by atoms with Gasteiger partial charge in [0.05, 0.1) is 4.90 Å². The Labute approximate surface area is 182 Å². The maximum absolute atomic E-state index is 13.5. The Morgan fingerprint density at radius 1 is 0.967 bits per heavy atom. The number of aryl methyl sites for hydroxylation is 1. The van der Waals surface area contributed by atoms with E-state index in [2.05, 4.69) is 0 Å². The quantitative estimate of drug-likeness (QED) is 0.570. The lowest BCUT2D eigenvalue weighted by Crippen LogP contribution is -2.42. The summed E-state index contributed by atoms with van der Waals surface area (Å²) < 4.78 is 28.2. The van der Waals surface area contributed by atoms with E-state index in [1.54, 1.807) is 30.3 Å². The number of nitrogens with zero attached hydrogens (tertiary/aromatic N) is 1. The molecule has 0 aromatic heterocycles. The number of carbonyl (C=O) groups is 1. The molecule has 3 aromatic carbocycles. The topological polar surface area (TPSA) is 80.5 Å². The van der Waals surface area contributed by atoms with Crippen LogP contribution in [0.5, 0.6) is 0 Å². The number of benzene rings is 3. The third-order valence-corrected chi connectivity index (χ3v) is 6.97. The lowest BCUT2D eigenvalue weighted by atomic mass is 10.1. The van der Waals surface area contributed by atoms with Crippen molar-refractivity contribution in [3.05, 3.63) is 101 Å². The molecule has 0 fully saturated rings. The Balaban J connectivity index is 2.03. The predicted molar refractivity (Wildman–Crippen MR) is 119 cm³/mol. The molecular weight excluding hydrogens is 420 g/mol. The molecule has 30 heavy (non-hydrogen) atoms. The fourth-order valence-electron chi connectivity index (χ4n) is 3.23. The Morgan fingerprint density at radius 3 is 2.13 bits per heavy atom. The van der Waals surface area contributed by atoms with Crippen molar-refractivity contribution in [3.8, 4) is 0 Å². The zero-order valence-electron chi connectivity index (χ0n) is 16.5. The second-order valence-electron chi connectivity index (χ2n) is 7.02. The highest BCUT2D eigenvalue weighted by molar-refractivity contribution is 7.89. The third kappa shape index (κ3) is 5.08. The van der Waals surface area contributed by atoms with Crippen LogP contribution in [0.25, 0.3) is 0 Å². The van der Waals surface area contributed by atoms with Gasteiger partial charge in [-0.15, -0.1) is 0 Å². The summed E-state index contributed by atoms with van der Waals surface area (Å²) in [6, 6.07) is 21.3. The van der Waals surface area contributed by atoms with Crippen molar-refractivity contribution in [1.82, 2.24) is 4.31 Å². The minimum absolute atomic E-state index is 0.0537. The van der Waals surface area contributed by atoms with E-state index in [1.165, 1.54) is 28.6 Å². The van der Waals surface area contributed by atoms with Gasteiger partial charge >= 0.3 is 0 Å². The molecule has 1 amide bonds. The molecule has 0 saturated heterocycles. The number of sulfonamides is 1. The van der Waals surface area contributed by atoms with Crippen LogP contribution in [0.3, 0.4) is 0 Å². The maximum Gasteiger partial charge on any atom is 0.244 e. The van der Waals surface area contributed by atoms with Crippen LogP contribution < -0.4 is 5.73 Å². The van der Waals surface area contributed by atoms with Crippen LogP contribution in [0.1, 0.15) is 22.7 Å². The van der Waals surface area contributed by atoms with E-state index < -0.39 is 22.0 Å². The number of carbonyl (C=O) groups excluding carboxylic acids is 1. The summed E-state index contributed by atoms with van der Waals surface area (Å²) in [4.78, 5) is 12.5. The normalized spacial score (nSPS) is 12.6. The van der Waals surface area contributed by atoms with Crippen LogP contribution in [0.2, 0.25) is 5.02 Å². The molecule has 7 heteroatoms. The smallest absolute Gasteiger partial charge is 0.244 e. The molecule has 0 aliphatic carbocycles. The van der Waals surface area contributed by atoms with E-state index >= 15 is 0 Å². The molecule has 0 heterocycles. The molecule has 3 aromatic rings. The fourth-order valence-corrected chi connectivity index (χ4v) is 4.94. The molecule has 0 radical (unpaired) electrons. The molecule has 0 saturated carbocycles. The highest BCUT2D eigenvalue weighted by Gasteiger charge is 2.35. The first-order chi connectivity index (χ1) is 14.3. The van der Waals surface area contributed by atoms with Crippen molar-refractivity contribution in [2.45, 2.75) is 24.3 Å². The van der Waals surface area contributed by atoms with Gasteiger partial charge in [-0.05, 0) is 48.7 Å². The van der Waals surface area contributed by atoms with Gasteiger partial charge in [-0.3, -0.25) is 4.79 Å². The van der Waals surface area contributed by atoms with E-state index in [0.717, 1.165) is 11.1 Å². The Morgan fingerprint density at radius 2 is 1.57 bits per heavy atom. The van der Waals surface area contributed by atoms with Gasteiger partial charge in [0.15, 0.2) is 0 Å². The SMILES string of the molecule is Cc1ccc(CCN(C(C(N)=O)c2ccccc2)S(=O)(=O)c2ccc(Cl)cc2)cc1. The number of halogens is 1. The molecule has 1 unspecified atom stereocenters. The summed E-state index contributed by atoms with van der Waals surface area (Å²) in [6.45, 7) is 2.08. The van der Waals surface area contributed by atoms with Crippen molar-refractivity contribution in [2.24, 2.45) is 5.73 Å². The molecule has 0 aliphatic heterocycles. The molecule has 1 atom stereocenters. The lowest BCUT2D eigenvalue weighted by molar-refractivity contribution is -0.121. The van der Waals surface area contributed by atoms with Gasteiger partial charge in [0.25, 0.3) is 0 Å². The van der Waals surface area contributed by atoms with Gasteiger partial charge in [0.1, 0.15) is 6.04 Å². The van der Waals surface area contributed by atoms with Crippen LogP contribution in [-0.4, -0.2) is 25.2 Å². The zero-order chi connectivity index (χ0) is 21.7. The molecule has 2 N–H and O–H groups in total. The van der Waals surface area contributed by atoms with Crippen LogP contribution >= 0.6 is 11.6 Å². The highest BCUT2D eigenvalue weighted by atomic mass is 35.5. The summed E-state index contributed by atoms with van der Waals surface area (Å²) in [5, 5.41) is 0.426. The van der Waals surface area contributed by atoms with Crippen molar-refractivity contribution in [2.75, 3.05) is 6.54 Å². The van der Waals surface area contributed by atoms with E-state index in [-0.39, 0.29) is 11.4 Å². The van der Waals surface area contributed by atoms with E-state index in [4.69, 9.17) is 17.3 Å². The third-order valence-electron chi connectivity index (χ3n) is 4.83. The Bertz CT molecular complexity index is 1100. The number of amides is 1. The molecular formula is C23H23ClN2O3S. The molecule has 0 bridgehead atoms.